The van der Waals surface area contributed by atoms with E-state index in [9.17, 15) is 4.79 Å². The smallest absolute Gasteiger partial charge is 0.236 e. The van der Waals surface area contributed by atoms with Crippen LogP contribution >= 0.6 is 0 Å². The molecule has 1 amide bonds. The van der Waals surface area contributed by atoms with Crippen LogP contribution in [0.3, 0.4) is 0 Å². The minimum absolute atomic E-state index is 0.0276. The lowest BCUT2D eigenvalue weighted by Gasteiger charge is -2.16. The van der Waals surface area contributed by atoms with Crippen LogP contribution in [0, 0.1) is 0 Å². The van der Waals surface area contributed by atoms with Crippen LogP contribution in [0.15, 0.2) is 0 Å². The summed E-state index contributed by atoms with van der Waals surface area (Å²) in [5.41, 5.74) is 5.09. The molecular formula is C8H18N2O3. The summed E-state index contributed by atoms with van der Waals surface area (Å²) >= 11 is 0. The molecule has 0 saturated heterocycles. The number of rotatable bonds is 7. The maximum Gasteiger partial charge on any atom is 0.236 e. The molecule has 0 bridgehead atoms. The Bertz CT molecular complexity index is 152. The predicted molar refractivity (Wildman–Crippen MR) is 49.3 cm³/mol. The summed E-state index contributed by atoms with van der Waals surface area (Å²) in [5, 5.41) is 2.76. The van der Waals surface area contributed by atoms with E-state index < -0.39 is 11.9 Å². The van der Waals surface area contributed by atoms with Crippen molar-refractivity contribution < 1.29 is 14.3 Å². The number of primary amides is 1. The van der Waals surface area contributed by atoms with E-state index in [0.717, 1.165) is 0 Å². The number of carbonyl (C=O) groups excluding carboxylic acids is 1. The number of amides is 1. The summed E-state index contributed by atoms with van der Waals surface area (Å²) in [4.78, 5) is 10.7. The Morgan fingerprint density at radius 1 is 1.54 bits per heavy atom. The van der Waals surface area contributed by atoms with Gasteiger partial charge in [0.2, 0.25) is 5.91 Å². The molecule has 0 radical (unpaired) electrons. The van der Waals surface area contributed by atoms with Crippen LogP contribution in [0.2, 0.25) is 0 Å². The molecule has 2 unspecified atom stereocenters. The average molecular weight is 190 g/mol. The van der Waals surface area contributed by atoms with Gasteiger partial charge in [0.05, 0.1) is 19.3 Å². The monoisotopic (exact) mass is 190 g/mol. The van der Waals surface area contributed by atoms with Crippen LogP contribution in [0.4, 0.5) is 0 Å². The van der Waals surface area contributed by atoms with E-state index >= 15 is 0 Å². The number of likely N-dealkylation sites (N-methyl/N-ethyl adjacent to an activating group) is 1. The molecule has 0 fully saturated rings. The summed E-state index contributed by atoms with van der Waals surface area (Å²) in [7, 11) is 3.27. The molecule has 5 nitrogen and oxygen atoms in total. The second-order valence-corrected chi connectivity index (χ2v) is 2.84. The topological polar surface area (TPSA) is 73.6 Å². The molecular weight excluding hydrogens is 172 g/mol. The molecule has 0 aliphatic heterocycles. The molecule has 0 spiro atoms. The highest BCUT2D eigenvalue weighted by Crippen LogP contribution is 1.93. The zero-order valence-electron chi connectivity index (χ0n) is 8.37. The minimum Gasteiger partial charge on any atom is -0.382 e. The predicted octanol–water partition coefficient (Wildman–Crippen LogP) is -0.889. The maximum atomic E-state index is 10.7. The second kappa shape index (κ2) is 6.82. The second-order valence-electron chi connectivity index (χ2n) is 2.84. The molecule has 13 heavy (non-hydrogen) atoms. The van der Waals surface area contributed by atoms with E-state index in [4.69, 9.17) is 15.2 Å². The van der Waals surface area contributed by atoms with E-state index in [1.807, 2.05) is 6.92 Å². The summed E-state index contributed by atoms with van der Waals surface area (Å²) in [6.45, 7) is 2.66. The van der Waals surface area contributed by atoms with Gasteiger partial charge in [-0.1, -0.05) is 0 Å². The SMILES string of the molecule is CNC(COC(C)COC)C(N)=O. The molecule has 0 aromatic heterocycles. The normalized spacial score (nSPS) is 15.3. The fourth-order valence-corrected chi connectivity index (χ4v) is 0.851. The zero-order valence-corrected chi connectivity index (χ0v) is 8.37. The number of methoxy groups -OCH3 is 1. The van der Waals surface area contributed by atoms with Gasteiger partial charge in [0.1, 0.15) is 6.04 Å². The van der Waals surface area contributed by atoms with E-state index in [2.05, 4.69) is 5.32 Å². The molecule has 0 saturated carbocycles. The standard InChI is InChI=1S/C8H18N2O3/c1-6(4-12-3)13-5-7(10-2)8(9)11/h6-7,10H,4-5H2,1-3H3,(H2,9,11). The molecule has 0 aromatic carbocycles. The van der Waals surface area contributed by atoms with Gasteiger partial charge in [-0.2, -0.15) is 0 Å². The number of ether oxygens (including phenoxy) is 2. The molecule has 78 valence electrons. The largest absolute Gasteiger partial charge is 0.382 e. The third-order valence-electron chi connectivity index (χ3n) is 1.64. The molecule has 5 heteroatoms. The first-order chi connectivity index (χ1) is 6.11. The summed E-state index contributed by atoms with van der Waals surface area (Å²) in [6.07, 6.45) is -0.0276. The molecule has 2 atom stereocenters. The Hall–Kier alpha value is -0.650. The molecule has 0 aliphatic carbocycles. The lowest BCUT2D eigenvalue weighted by Crippen LogP contribution is -2.43. The van der Waals surface area contributed by atoms with Crippen LogP contribution in [-0.4, -0.2) is 45.4 Å². The Morgan fingerprint density at radius 3 is 2.54 bits per heavy atom. The number of carbonyl (C=O) groups is 1. The highest BCUT2D eigenvalue weighted by molar-refractivity contribution is 5.79. The van der Waals surface area contributed by atoms with Crippen LogP contribution in [0.5, 0.6) is 0 Å². The fraction of sp³-hybridized carbons (Fsp3) is 0.875. The Morgan fingerprint density at radius 2 is 2.15 bits per heavy atom. The summed E-state index contributed by atoms with van der Waals surface area (Å²) in [5.74, 6) is -0.410. The van der Waals surface area contributed by atoms with Crippen molar-refractivity contribution in [2.24, 2.45) is 5.73 Å². The van der Waals surface area contributed by atoms with E-state index in [1.165, 1.54) is 0 Å². The van der Waals surface area contributed by atoms with Crippen LogP contribution < -0.4 is 11.1 Å². The Balaban J connectivity index is 3.65. The van der Waals surface area contributed by atoms with Crippen molar-refractivity contribution >= 4 is 5.91 Å². The van der Waals surface area contributed by atoms with E-state index in [-0.39, 0.29) is 12.7 Å². The minimum atomic E-state index is -0.431. The van der Waals surface area contributed by atoms with Gasteiger partial charge in [-0.25, -0.2) is 0 Å². The van der Waals surface area contributed by atoms with Crippen molar-refractivity contribution in [2.75, 3.05) is 27.4 Å². The molecule has 0 aromatic rings. The number of nitrogens with two attached hydrogens (primary N) is 1. The quantitative estimate of drug-likeness (QED) is 0.546. The van der Waals surface area contributed by atoms with Gasteiger partial charge in [-0.15, -0.1) is 0 Å². The van der Waals surface area contributed by atoms with Crippen molar-refractivity contribution in [1.82, 2.24) is 5.32 Å². The first kappa shape index (κ1) is 12.3. The first-order valence-corrected chi connectivity index (χ1v) is 4.19. The summed E-state index contributed by atoms with van der Waals surface area (Å²) < 4.78 is 10.2. The van der Waals surface area contributed by atoms with Crippen LogP contribution in [0.25, 0.3) is 0 Å². The van der Waals surface area contributed by atoms with Gasteiger partial charge >= 0.3 is 0 Å². The van der Waals surface area contributed by atoms with Crippen molar-refractivity contribution in [3.63, 3.8) is 0 Å². The molecule has 3 N–H and O–H groups in total. The zero-order chi connectivity index (χ0) is 10.3. The van der Waals surface area contributed by atoms with Crippen molar-refractivity contribution in [2.45, 2.75) is 19.1 Å². The van der Waals surface area contributed by atoms with Crippen molar-refractivity contribution in [3.8, 4) is 0 Å². The number of hydrogen-bond acceptors (Lipinski definition) is 4. The van der Waals surface area contributed by atoms with Gasteiger partial charge < -0.3 is 20.5 Å². The van der Waals surface area contributed by atoms with Crippen molar-refractivity contribution in [1.29, 1.82) is 0 Å². The third-order valence-corrected chi connectivity index (χ3v) is 1.64. The summed E-state index contributed by atoms with van der Waals surface area (Å²) in [6, 6.07) is -0.431. The van der Waals surface area contributed by atoms with Crippen LogP contribution in [-0.2, 0) is 14.3 Å². The Kier molecular flexibility index (Phi) is 6.48. The van der Waals surface area contributed by atoms with Gasteiger partial charge in [-0.3, -0.25) is 4.79 Å². The van der Waals surface area contributed by atoms with Crippen molar-refractivity contribution in [3.05, 3.63) is 0 Å². The van der Waals surface area contributed by atoms with Gasteiger partial charge in [-0.05, 0) is 14.0 Å². The first-order valence-electron chi connectivity index (χ1n) is 4.19. The van der Waals surface area contributed by atoms with E-state index in [1.54, 1.807) is 14.2 Å². The number of nitrogens with one attached hydrogen (secondary N) is 1. The van der Waals surface area contributed by atoms with Gasteiger partial charge in [0.25, 0.3) is 0 Å². The lowest BCUT2D eigenvalue weighted by atomic mass is 10.3. The lowest BCUT2D eigenvalue weighted by molar-refractivity contribution is -0.122. The van der Waals surface area contributed by atoms with Gasteiger partial charge in [0.15, 0.2) is 0 Å². The van der Waals surface area contributed by atoms with Gasteiger partial charge in [0, 0.05) is 7.11 Å². The molecule has 0 heterocycles. The fourth-order valence-electron chi connectivity index (χ4n) is 0.851. The highest BCUT2D eigenvalue weighted by atomic mass is 16.5. The van der Waals surface area contributed by atoms with E-state index in [0.29, 0.717) is 6.61 Å². The third kappa shape index (κ3) is 5.57. The average Bonchev–Trinajstić information content (AvgIpc) is 2.05. The maximum absolute atomic E-state index is 10.7. The number of hydrogen-bond donors (Lipinski definition) is 2. The highest BCUT2D eigenvalue weighted by Gasteiger charge is 2.13. The van der Waals surface area contributed by atoms with Crippen LogP contribution in [0.1, 0.15) is 6.92 Å². The molecule has 0 aliphatic rings. The Labute approximate surface area is 78.6 Å². The molecule has 0 rings (SSSR count).